The Morgan fingerprint density at radius 2 is 2.08 bits per heavy atom. The molecule has 0 aliphatic heterocycles. The van der Waals surface area contributed by atoms with Crippen LogP contribution in [0, 0.1) is 6.92 Å². The molecule has 0 aromatic heterocycles. The van der Waals surface area contributed by atoms with Crippen molar-refractivity contribution >= 4 is 5.91 Å². The van der Waals surface area contributed by atoms with E-state index in [-0.39, 0.29) is 18.4 Å². The summed E-state index contributed by atoms with van der Waals surface area (Å²) in [7, 11) is 0. The number of rotatable bonds is 3. The third-order valence-corrected chi connectivity index (χ3v) is 2.01. The SMILES string of the molecule is Cc1ccccc1[C@H](N)CC(N)=O. The highest BCUT2D eigenvalue weighted by Crippen LogP contribution is 2.17. The molecule has 0 saturated carbocycles. The van der Waals surface area contributed by atoms with Gasteiger partial charge in [-0.3, -0.25) is 4.79 Å². The molecule has 13 heavy (non-hydrogen) atoms. The molecular weight excluding hydrogens is 164 g/mol. The van der Waals surface area contributed by atoms with Gasteiger partial charge in [-0.15, -0.1) is 0 Å². The van der Waals surface area contributed by atoms with Crippen molar-refractivity contribution in [1.82, 2.24) is 0 Å². The quantitative estimate of drug-likeness (QED) is 0.721. The average Bonchev–Trinajstić information content (AvgIpc) is 2.03. The van der Waals surface area contributed by atoms with Gasteiger partial charge in [0.05, 0.1) is 0 Å². The smallest absolute Gasteiger partial charge is 0.219 e. The molecule has 1 aromatic carbocycles. The monoisotopic (exact) mass is 178 g/mol. The van der Waals surface area contributed by atoms with Gasteiger partial charge in [-0.2, -0.15) is 0 Å². The van der Waals surface area contributed by atoms with Gasteiger partial charge in [0, 0.05) is 12.5 Å². The van der Waals surface area contributed by atoms with E-state index in [9.17, 15) is 4.79 Å². The number of primary amides is 1. The van der Waals surface area contributed by atoms with Gasteiger partial charge in [-0.05, 0) is 18.1 Å². The molecule has 0 bridgehead atoms. The lowest BCUT2D eigenvalue weighted by Gasteiger charge is -2.12. The summed E-state index contributed by atoms with van der Waals surface area (Å²) >= 11 is 0. The van der Waals surface area contributed by atoms with Crippen molar-refractivity contribution in [3.05, 3.63) is 35.4 Å². The van der Waals surface area contributed by atoms with E-state index in [1.165, 1.54) is 0 Å². The molecule has 3 nitrogen and oxygen atoms in total. The Kier molecular flexibility index (Phi) is 3.03. The molecule has 0 aliphatic rings. The highest BCUT2D eigenvalue weighted by atomic mass is 16.1. The third kappa shape index (κ3) is 2.56. The van der Waals surface area contributed by atoms with Crippen LogP contribution in [-0.4, -0.2) is 5.91 Å². The minimum Gasteiger partial charge on any atom is -0.370 e. The maximum absolute atomic E-state index is 10.6. The molecule has 0 fully saturated rings. The van der Waals surface area contributed by atoms with Crippen molar-refractivity contribution in [2.24, 2.45) is 11.5 Å². The first kappa shape index (κ1) is 9.74. The van der Waals surface area contributed by atoms with Gasteiger partial charge < -0.3 is 11.5 Å². The molecule has 0 spiro atoms. The summed E-state index contributed by atoms with van der Waals surface area (Å²) < 4.78 is 0. The molecular formula is C10H14N2O. The molecule has 3 heteroatoms. The van der Waals surface area contributed by atoms with Gasteiger partial charge in [-0.1, -0.05) is 24.3 Å². The summed E-state index contributed by atoms with van der Waals surface area (Å²) in [5.74, 6) is -0.365. The van der Waals surface area contributed by atoms with Crippen LogP contribution in [0.3, 0.4) is 0 Å². The summed E-state index contributed by atoms with van der Waals surface area (Å²) in [6.07, 6.45) is 0.199. The first-order valence-electron chi connectivity index (χ1n) is 4.20. The summed E-state index contributed by atoms with van der Waals surface area (Å²) in [6, 6.07) is 7.46. The maximum Gasteiger partial charge on any atom is 0.219 e. The molecule has 1 rings (SSSR count). The summed E-state index contributed by atoms with van der Waals surface area (Å²) in [5, 5.41) is 0. The van der Waals surface area contributed by atoms with Crippen LogP contribution in [0.15, 0.2) is 24.3 Å². The number of aryl methyl sites for hydroxylation is 1. The predicted octanol–water partition coefficient (Wildman–Crippen LogP) is 0.870. The van der Waals surface area contributed by atoms with Crippen molar-refractivity contribution in [1.29, 1.82) is 0 Å². The van der Waals surface area contributed by atoms with E-state index >= 15 is 0 Å². The van der Waals surface area contributed by atoms with Gasteiger partial charge >= 0.3 is 0 Å². The Hall–Kier alpha value is -1.35. The Balaban J connectivity index is 2.82. The van der Waals surface area contributed by atoms with E-state index in [2.05, 4.69) is 0 Å². The lowest BCUT2D eigenvalue weighted by molar-refractivity contribution is -0.118. The number of benzene rings is 1. The van der Waals surface area contributed by atoms with E-state index in [0.29, 0.717) is 0 Å². The van der Waals surface area contributed by atoms with E-state index < -0.39 is 0 Å². The first-order valence-corrected chi connectivity index (χ1v) is 4.20. The highest BCUT2D eigenvalue weighted by molar-refractivity contribution is 5.74. The topological polar surface area (TPSA) is 69.1 Å². The van der Waals surface area contributed by atoms with Crippen LogP contribution in [0.4, 0.5) is 0 Å². The van der Waals surface area contributed by atoms with E-state index in [1.54, 1.807) is 0 Å². The molecule has 1 aromatic rings. The zero-order valence-corrected chi connectivity index (χ0v) is 7.66. The molecule has 0 heterocycles. The number of carbonyl (C=O) groups excluding carboxylic acids is 1. The highest BCUT2D eigenvalue weighted by Gasteiger charge is 2.10. The molecule has 0 aliphatic carbocycles. The van der Waals surface area contributed by atoms with Crippen LogP contribution < -0.4 is 11.5 Å². The second-order valence-electron chi connectivity index (χ2n) is 3.13. The predicted molar refractivity (Wildman–Crippen MR) is 51.9 cm³/mol. The molecule has 70 valence electrons. The molecule has 0 saturated heterocycles. The molecule has 0 unspecified atom stereocenters. The average molecular weight is 178 g/mol. The zero-order valence-electron chi connectivity index (χ0n) is 7.66. The standard InChI is InChI=1S/C10H14N2O/c1-7-4-2-3-5-8(7)9(11)6-10(12)13/h2-5,9H,6,11H2,1H3,(H2,12,13)/t9-/m1/s1. The number of carbonyl (C=O) groups is 1. The van der Waals surface area contributed by atoms with Gasteiger partial charge in [0.1, 0.15) is 0 Å². The minimum absolute atomic E-state index is 0.199. The molecule has 1 atom stereocenters. The van der Waals surface area contributed by atoms with Gasteiger partial charge in [0.15, 0.2) is 0 Å². The van der Waals surface area contributed by atoms with Crippen molar-refractivity contribution in [2.45, 2.75) is 19.4 Å². The van der Waals surface area contributed by atoms with Crippen LogP contribution in [0.25, 0.3) is 0 Å². The third-order valence-electron chi connectivity index (χ3n) is 2.01. The van der Waals surface area contributed by atoms with Gasteiger partial charge in [0.25, 0.3) is 0 Å². The maximum atomic E-state index is 10.6. The van der Waals surface area contributed by atoms with E-state index in [1.807, 2.05) is 31.2 Å². The number of hydrogen-bond acceptors (Lipinski definition) is 2. The second-order valence-corrected chi connectivity index (χ2v) is 3.13. The number of hydrogen-bond donors (Lipinski definition) is 2. The fourth-order valence-electron chi connectivity index (χ4n) is 1.33. The van der Waals surface area contributed by atoms with E-state index in [0.717, 1.165) is 11.1 Å². The van der Waals surface area contributed by atoms with E-state index in [4.69, 9.17) is 11.5 Å². The Morgan fingerprint density at radius 3 is 2.62 bits per heavy atom. The Bertz CT molecular complexity index is 310. The summed E-state index contributed by atoms with van der Waals surface area (Å²) in [4.78, 5) is 10.6. The van der Waals surface area contributed by atoms with Crippen molar-refractivity contribution in [3.63, 3.8) is 0 Å². The summed E-state index contributed by atoms with van der Waals surface area (Å²) in [5.41, 5.74) is 12.9. The molecule has 0 radical (unpaired) electrons. The van der Waals surface area contributed by atoms with Crippen molar-refractivity contribution < 1.29 is 4.79 Å². The fraction of sp³-hybridized carbons (Fsp3) is 0.300. The van der Waals surface area contributed by atoms with Crippen molar-refractivity contribution in [2.75, 3.05) is 0 Å². The number of nitrogens with two attached hydrogens (primary N) is 2. The lowest BCUT2D eigenvalue weighted by Crippen LogP contribution is -2.21. The van der Waals surface area contributed by atoms with Crippen LogP contribution in [0.1, 0.15) is 23.6 Å². The van der Waals surface area contributed by atoms with Crippen molar-refractivity contribution in [3.8, 4) is 0 Å². The minimum atomic E-state index is -0.365. The molecule has 4 N–H and O–H groups in total. The van der Waals surface area contributed by atoms with Crippen LogP contribution >= 0.6 is 0 Å². The van der Waals surface area contributed by atoms with Crippen LogP contribution in [0.2, 0.25) is 0 Å². The lowest BCUT2D eigenvalue weighted by atomic mass is 9.99. The first-order chi connectivity index (χ1) is 6.11. The Morgan fingerprint density at radius 1 is 1.46 bits per heavy atom. The normalized spacial score (nSPS) is 12.5. The second kappa shape index (κ2) is 4.05. The van der Waals surface area contributed by atoms with Crippen LogP contribution in [-0.2, 0) is 4.79 Å². The van der Waals surface area contributed by atoms with Gasteiger partial charge in [-0.25, -0.2) is 0 Å². The summed E-state index contributed by atoms with van der Waals surface area (Å²) in [6.45, 7) is 1.97. The fourth-order valence-corrected chi connectivity index (χ4v) is 1.33. The van der Waals surface area contributed by atoms with Crippen LogP contribution in [0.5, 0.6) is 0 Å². The largest absolute Gasteiger partial charge is 0.370 e. The Labute approximate surface area is 77.7 Å². The zero-order chi connectivity index (χ0) is 9.84. The number of amides is 1. The molecule has 1 amide bonds. The van der Waals surface area contributed by atoms with Gasteiger partial charge in [0.2, 0.25) is 5.91 Å².